The van der Waals surface area contributed by atoms with Gasteiger partial charge in [-0.05, 0) is 79.2 Å². The summed E-state index contributed by atoms with van der Waals surface area (Å²) in [6, 6.07) is 6.23. The SMILES string of the molecule is C[C@]12CC[C@@H]3c4cc5ccn(S(C)(=O)=O)c5cc4CC[C@H]3[C@@H]1CCC2=O. The van der Waals surface area contributed by atoms with Crippen molar-refractivity contribution in [3.8, 4) is 0 Å². The molecule has 2 saturated carbocycles. The first-order valence-corrected chi connectivity index (χ1v) is 11.5. The Bertz CT molecular complexity index is 1030. The van der Waals surface area contributed by atoms with E-state index in [1.807, 2.05) is 6.07 Å². The number of carbonyl (C=O) groups excluding carboxylic acids is 1. The van der Waals surface area contributed by atoms with Crippen LogP contribution in [0.2, 0.25) is 0 Å². The Kier molecular flexibility index (Phi) is 3.32. The smallest absolute Gasteiger partial charge is 0.236 e. The molecule has 3 aliphatic carbocycles. The van der Waals surface area contributed by atoms with E-state index in [9.17, 15) is 13.2 Å². The number of ketones is 1. The normalized spacial score (nSPS) is 33.8. The van der Waals surface area contributed by atoms with E-state index >= 15 is 0 Å². The molecule has 4 nitrogen and oxygen atoms in total. The van der Waals surface area contributed by atoms with Gasteiger partial charge in [0.2, 0.25) is 10.0 Å². The van der Waals surface area contributed by atoms with Crippen LogP contribution in [0.4, 0.5) is 0 Å². The highest BCUT2D eigenvalue weighted by atomic mass is 32.2. The lowest BCUT2D eigenvalue weighted by atomic mass is 9.55. The van der Waals surface area contributed by atoms with Crippen LogP contribution in [0, 0.1) is 17.3 Å². The first-order valence-electron chi connectivity index (χ1n) is 9.67. The van der Waals surface area contributed by atoms with Crippen LogP contribution in [-0.2, 0) is 21.2 Å². The van der Waals surface area contributed by atoms with Crippen molar-refractivity contribution in [3.05, 3.63) is 35.5 Å². The topological polar surface area (TPSA) is 56.1 Å². The summed E-state index contributed by atoms with van der Waals surface area (Å²) >= 11 is 0. The predicted molar refractivity (Wildman–Crippen MR) is 102 cm³/mol. The lowest BCUT2D eigenvalue weighted by Gasteiger charge is -2.48. The van der Waals surface area contributed by atoms with E-state index in [-0.39, 0.29) is 5.41 Å². The van der Waals surface area contributed by atoms with Gasteiger partial charge in [0.25, 0.3) is 0 Å². The number of Topliss-reactive ketones (excluding diaryl/α,β-unsaturated/α-hetero) is 1. The summed E-state index contributed by atoms with van der Waals surface area (Å²) < 4.78 is 25.4. The number of hydrogen-bond acceptors (Lipinski definition) is 3. The number of rotatable bonds is 1. The van der Waals surface area contributed by atoms with Crippen LogP contribution < -0.4 is 0 Å². The van der Waals surface area contributed by atoms with Crippen molar-refractivity contribution in [2.45, 2.75) is 51.4 Å². The minimum Gasteiger partial charge on any atom is -0.299 e. The molecule has 0 amide bonds. The quantitative estimate of drug-likeness (QED) is 0.764. The zero-order chi connectivity index (χ0) is 18.3. The standard InChI is InChI=1S/C21H25NO3S/c1-21-9-7-15-16(18(21)5-6-20(21)23)4-3-13-12-19-14(11-17(13)15)8-10-22(19)26(2,24)25/h8,10-12,15-16,18H,3-7,9H2,1-2H3/t15-,16+,18-,21-/m0/s1. The monoisotopic (exact) mass is 371 g/mol. The maximum atomic E-state index is 12.5. The van der Waals surface area contributed by atoms with Gasteiger partial charge in [0.05, 0.1) is 11.8 Å². The molecule has 0 saturated heterocycles. The molecule has 5 heteroatoms. The van der Waals surface area contributed by atoms with Gasteiger partial charge in [0.1, 0.15) is 5.78 Å². The van der Waals surface area contributed by atoms with Crippen molar-refractivity contribution in [2.75, 3.05) is 6.26 Å². The average molecular weight is 372 g/mol. The fourth-order valence-electron chi connectivity index (χ4n) is 6.24. The highest BCUT2D eigenvalue weighted by Crippen LogP contribution is 2.59. The van der Waals surface area contributed by atoms with Crippen molar-refractivity contribution in [3.63, 3.8) is 0 Å². The molecular weight excluding hydrogens is 346 g/mol. The highest BCUT2D eigenvalue weighted by Gasteiger charge is 2.54. The number of benzene rings is 1. The second-order valence-corrected chi connectivity index (χ2v) is 10.7. The third kappa shape index (κ3) is 2.13. The molecule has 138 valence electrons. The molecular formula is C21H25NO3S. The van der Waals surface area contributed by atoms with Crippen molar-refractivity contribution in [1.82, 2.24) is 3.97 Å². The number of nitrogens with zero attached hydrogens (tertiary/aromatic N) is 1. The largest absolute Gasteiger partial charge is 0.299 e. The maximum absolute atomic E-state index is 12.5. The van der Waals surface area contributed by atoms with Gasteiger partial charge in [-0.3, -0.25) is 4.79 Å². The first-order chi connectivity index (χ1) is 12.3. The van der Waals surface area contributed by atoms with Gasteiger partial charge >= 0.3 is 0 Å². The summed E-state index contributed by atoms with van der Waals surface area (Å²) in [7, 11) is -3.28. The zero-order valence-electron chi connectivity index (χ0n) is 15.4. The molecule has 1 heterocycles. The number of fused-ring (bicyclic) bond motifs is 6. The van der Waals surface area contributed by atoms with Crippen LogP contribution in [0.5, 0.6) is 0 Å². The average Bonchev–Trinajstić information content (AvgIpc) is 3.13. The van der Waals surface area contributed by atoms with Gasteiger partial charge in [0, 0.05) is 23.4 Å². The van der Waals surface area contributed by atoms with E-state index < -0.39 is 10.0 Å². The molecule has 3 aliphatic rings. The molecule has 4 atom stereocenters. The maximum Gasteiger partial charge on any atom is 0.236 e. The minimum atomic E-state index is -3.28. The van der Waals surface area contributed by atoms with Crippen molar-refractivity contribution in [1.29, 1.82) is 0 Å². The van der Waals surface area contributed by atoms with Crippen LogP contribution in [-0.4, -0.2) is 24.4 Å². The number of hydrogen-bond donors (Lipinski definition) is 0. The Morgan fingerprint density at radius 3 is 2.73 bits per heavy atom. The van der Waals surface area contributed by atoms with Gasteiger partial charge in [-0.15, -0.1) is 0 Å². The Morgan fingerprint density at radius 2 is 1.96 bits per heavy atom. The van der Waals surface area contributed by atoms with Crippen LogP contribution >= 0.6 is 0 Å². The molecule has 0 aliphatic heterocycles. The summed E-state index contributed by atoms with van der Waals surface area (Å²) in [6.07, 6.45) is 8.91. The molecule has 1 aromatic heterocycles. The van der Waals surface area contributed by atoms with E-state index in [0.717, 1.165) is 49.4 Å². The van der Waals surface area contributed by atoms with Crippen LogP contribution in [0.3, 0.4) is 0 Å². The van der Waals surface area contributed by atoms with E-state index in [1.165, 1.54) is 21.4 Å². The lowest BCUT2D eigenvalue weighted by Crippen LogP contribution is -2.42. The van der Waals surface area contributed by atoms with E-state index in [1.54, 1.807) is 6.20 Å². The van der Waals surface area contributed by atoms with Gasteiger partial charge in [0.15, 0.2) is 0 Å². The second-order valence-electron chi connectivity index (χ2n) is 8.82. The molecule has 0 N–H and O–H groups in total. The number of aromatic nitrogens is 1. The Balaban J connectivity index is 1.60. The van der Waals surface area contributed by atoms with E-state index in [0.29, 0.717) is 23.5 Å². The molecule has 26 heavy (non-hydrogen) atoms. The molecule has 0 bridgehead atoms. The number of aryl methyl sites for hydroxylation is 1. The zero-order valence-corrected chi connectivity index (χ0v) is 16.2. The summed E-state index contributed by atoms with van der Waals surface area (Å²) in [5.74, 6) is 2.13. The Morgan fingerprint density at radius 1 is 1.15 bits per heavy atom. The predicted octanol–water partition coefficient (Wildman–Crippen LogP) is 3.87. The summed E-state index contributed by atoms with van der Waals surface area (Å²) in [5, 5.41) is 1.01. The van der Waals surface area contributed by atoms with Crippen LogP contribution in [0.15, 0.2) is 24.4 Å². The Hall–Kier alpha value is -1.62. The second kappa shape index (κ2) is 5.22. The Labute approximate surface area is 154 Å². The van der Waals surface area contributed by atoms with Gasteiger partial charge in [-0.2, -0.15) is 0 Å². The molecule has 0 radical (unpaired) electrons. The van der Waals surface area contributed by atoms with E-state index in [2.05, 4.69) is 19.1 Å². The fraction of sp³-hybridized carbons (Fsp3) is 0.571. The van der Waals surface area contributed by atoms with Crippen molar-refractivity contribution in [2.24, 2.45) is 17.3 Å². The summed E-state index contributed by atoms with van der Waals surface area (Å²) in [5.41, 5.74) is 3.40. The summed E-state index contributed by atoms with van der Waals surface area (Å²) in [6.45, 7) is 2.20. The lowest BCUT2D eigenvalue weighted by molar-refractivity contribution is -0.129. The summed E-state index contributed by atoms with van der Waals surface area (Å²) in [4.78, 5) is 12.5. The molecule has 0 spiro atoms. The first kappa shape index (κ1) is 16.5. The van der Waals surface area contributed by atoms with Crippen LogP contribution in [0.25, 0.3) is 10.9 Å². The molecule has 2 fully saturated rings. The molecule has 1 aromatic carbocycles. The molecule has 2 aromatic rings. The number of carbonyl (C=O) groups is 1. The highest BCUT2D eigenvalue weighted by molar-refractivity contribution is 7.89. The van der Waals surface area contributed by atoms with Gasteiger partial charge < -0.3 is 0 Å². The molecule has 5 rings (SSSR count). The van der Waals surface area contributed by atoms with Crippen LogP contribution in [0.1, 0.15) is 56.1 Å². The molecule has 0 unspecified atom stereocenters. The van der Waals surface area contributed by atoms with Crippen molar-refractivity contribution >= 4 is 26.7 Å². The third-order valence-electron chi connectivity index (χ3n) is 7.57. The third-order valence-corrected chi connectivity index (χ3v) is 8.60. The van der Waals surface area contributed by atoms with E-state index in [4.69, 9.17) is 0 Å². The van der Waals surface area contributed by atoms with Gasteiger partial charge in [-0.1, -0.05) is 6.92 Å². The van der Waals surface area contributed by atoms with Crippen molar-refractivity contribution < 1.29 is 13.2 Å². The fourth-order valence-corrected chi connectivity index (χ4v) is 7.04. The minimum absolute atomic E-state index is 0.0949. The van der Waals surface area contributed by atoms with Gasteiger partial charge in [-0.25, -0.2) is 12.4 Å².